The quantitative estimate of drug-likeness (QED) is 0.866. The number of ether oxygens (including phenoxy) is 1. The van der Waals surface area contributed by atoms with Crippen LogP contribution < -0.4 is 15.0 Å². The normalized spacial score (nSPS) is 24.7. The molecular weight excluding hydrogens is 266 g/mol. The predicted octanol–water partition coefficient (Wildman–Crippen LogP) is 1.13. The monoisotopic (exact) mass is 285 g/mol. The summed E-state index contributed by atoms with van der Waals surface area (Å²) in [5.74, 6) is 2.79. The molecule has 0 radical (unpaired) electrons. The highest BCUT2D eigenvalue weighted by atomic mass is 16.5. The molecule has 2 aliphatic heterocycles. The zero-order valence-corrected chi connectivity index (χ0v) is 12.0. The van der Waals surface area contributed by atoms with E-state index in [9.17, 15) is 0 Å². The molecule has 110 valence electrons. The molecule has 6 nitrogen and oxygen atoms in total. The van der Waals surface area contributed by atoms with Crippen LogP contribution in [-0.2, 0) is 0 Å². The van der Waals surface area contributed by atoms with Crippen LogP contribution in [0, 0.1) is 0 Å². The van der Waals surface area contributed by atoms with Gasteiger partial charge < -0.3 is 15.0 Å². The summed E-state index contributed by atoms with van der Waals surface area (Å²) in [6, 6.07) is 8.61. The fourth-order valence-electron chi connectivity index (χ4n) is 3.07. The van der Waals surface area contributed by atoms with Gasteiger partial charge in [-0.25, -0.2) is 0 Å². The molecule has 6 heteroatoms. The van der Waals surface area contributed by atoms with Crippen LogP contribution >= 0.6 is 0 Å². The van der Waals surface area contributed by atoms with Gasteiger partial charge in [0.2, 0.25) is 5.95 Å². The Morgan fingerprint density at radius 3 is 3.14 bits per heavy atom. The van der Waals surface area contributed by atoms with Crippen LogP contribution in [0.5, 0.6) is 5.75 Å². The second-order valence-electron chi connectivity index (χ2n) is 5.72. The highest BCUT2D eigenvalue weighted by Crippen LogP contribution is 2.36. The third kappa shape index (κ3) is 2.25. The molecule has 1 aromatic heterocycles. The fraction of sp³-hybridized carbons (Fsp3) is 0.467. The van der Waals surface area contributed by atoms with E-state index in [-0.39, 0.29) is 5.92 Å². The van der Waals surface area contributed by atoms with E-state index in [0.717, 1.165) is 37.2 Å². The summed E-state index contributed by atoms with van der Waals surface area (Å²) in [6.07, 6.45) is 0. The second-order valence-corrected chi connectivity index (χ2v) is 5.72. The number of benzene rings is 1. The van der Waals surface area contributed by atoms with Crippen molar-refractivity contribution in [3.8, 4) is 5.75 Å². The van der Waals surface area contributed by atoms with Crippen LogP contribution in [0.25, 0.3) is 0 Å². The molecule has 0 bridgehead atoms. The lowest BCUT2D eigenvalue weighted by molar-refractivity contribution is 0.340. The summed E-state index contributed by atoms with van der Waals surface area (Å²) >= 11 is 0. The highest BCUT2D eigenvalue weighted by Gasteiger charge is 2.29. The fourth-order valence-corrected chi connectivity index (χ4v) is 3.07. The Kier molecular flexibility index (Phi) is 3.03. The standard InChI is InChI=1S/C15H19N5O/c1-10-8-20(7-6-16-10)15-17-14(18-19-15)12-9-21-13-5-3-2-4-11(12)13/h2-5,10,12,16H,6-9H2,1H3,(H,17,18,19)/t10-,12?/m0/s1. The summed E-state index contributed by atoms with van der Waals surface area (Å²) in [4.78, 5) is 6.93. The molecule has 0 spiro atoms. The summed E-state index contributed by atoms with van der Waals surface area (Å²) < 4.78 is 5.73. The second kappa shape index (κ2) is 5.04. The summed E-state index contributed by atoms with van der Waals surface area (Å²) in [5, 5.41) is 10.9. The number of piperazine rings is 1. The minimum atomic E-state index is 0.155. The molecular formula is C15H19N5O. The van der Waals surface area contributed by atoms with E-state index in [1.165, 1.54) is 5.56 Å². The summed E-state index contributed by atoms with van der Waals surface area (Å²) in [5.41, 5.74) is 1.19. The molecule has 1 saturated heterocycles. The lowest BCUT2D eigenvalue weighted by atomic mass is 10.0. The topological polar surface area (TPSA) is 66.1 Å². The van der Waals surface area contributed by atoms with Gasteiger partial charge in [-0.2, -0.15) is 4.98 Å². The molecule has 0 amide bonds. The number of H-pyrrole nitrogens is 1. The number of hydrogen-bond acceptors (Lipinski definition) is 5. The van der Waals surface area contributed by atoms with E-state index in [2.05, 4.69) is 33.4 Å². The van der Waals surface area contributed by atoms with Gasteiger partial charge in [-0.1, -0.05) is 18.2 Å². The number of rotatable bonds is 2. The van der Waals surface area contributed by atoms with Crippen molar-refractivity contribution in [3.63, 3.8) is 0 Å². The zero-order chi connectivity index (χ0) is 14.2. The molecule has 21 heavy (non-hydrogen) atoms. The van der Waals surface area contributed by atoms with Crippen LogP contribution in [0.4, 0.5) is 5.95 Å². The summed E-state index contributed by atoms with van der Waals surface area (Å²) in [7, 11) is 0. The van der Waals surface area contributed by atoms with E-state index in [1.54, 1.807) is 0 Å². The number of aromatic amines is 1. The molecule has 3 heterocycles. The number of aromatic nitrogens is 3. The Bertz CT molecular complexity index is 640. The molecule has 1 aromatic carbocycles. The van der Waals surface area contributed by atoms with Crippen LogP contribution in [0.2, 0.25) is 0 Å². The Labute approximate surface area is 123 Å². The number of anilines is 1. The highest BCUT2D eigenvalue weighted by molar-refractivity contribution is 5.43. The van der Waals surface area contributed by atoms with Crippen molar-refractivity contribution in [2.45, 2.75) is 18.9 Å². The van der Waals surface area contributed by atoms with Gasteiger partial charge in [0.05, 0.1) is 5.92 Å². The van der Waals surface area contributed by atoms with Gasteiger partial charge in [0.15, 0.2) is 0 Å². The van der Waals surface area contributed by atoms with E-state index in [0.29, 0.717) is 12.6 Å². The lowest BCUT2D eigenvalue weighted by Crippen LogP contribution is -2.49. The number of nitrogens with one attached hydrogen (secondary N) is 2. The first-order valence-corrected chi connectivity index (χ1v) is 7.43. The Balaban J connectivity index is 1.58. The van der Waals surface area contributed by atoms with Crippen LogP contribution in [-0.4, -0.2) is 47.5 Å². The van der Waals surface area contributed by atoms with Gasteiger partial charge in [0.1, 0.15) is 18.2 Å². The Morgan fingerprint density at radius 2 is 2.24 bits per heavy atom. The third-order valence-corrected chi connectivity index (χ3v) is 4.17. The van der Waals surface area contributed by atoms with Gasteiger partial charge in [-0.05, 0) is 13.0 Å². The molecule has 4 rings (SSSR count). The number of fused-ring (bicyclic) bond motifs is 1. The number of para-hydroxylation sites is 1. The first kappa shape index (κ1) is 12.6. The predicted molar refractivity (Wildman–Crippen MR) is 79.8 cm³/mol. The zero-order valence-electron chi connectivity index (χ0n) is 12.0. The van der Waals surface area contributed by atoms with E-state index < -0.39 is 0 Å². The lowest BCUT2D eigenvalue weighted by Gasteiger charge is -2.30. The number of nitrogens with zero attached hydrogens (tertiary/aromatic N) is 3. The van der Waals surface area contributed by atoms with E-state index >= 15 is 0 Å². The first-order valence-electron chi connectivity index (χ1n) is 7.43. The summed E-state index contributed by atoms with van der Waals surface area (Å²) in [6.45, 7) is 5.67. The van der Waals surface area contributed by atoms with Crippen LogP contribution in [0.1, 0.15) is 24.2 Å². The van der Waals surface area contributed by atoms with Crippen molar-refractivity contribution < 1.29 is 4.74 Å². The molecule has 1 fully saturated rings. The smallest absolute Gasteiger partial charge is 0.244 e. The average Bonchev–Trinajstić information content (AvgIpc) is 3.14. The maximum atomic E-state index is 5.73. The van der Waals surface area contributed by atoms with Crippen LogP contribution in [0.15, 0.2) is 24.3 Å². The molecule has 2 aliphatic rings. The van der Waals surface area contributed by atoms with Crippen molar-refractivity contribution in [1.82, 2.24) is 20.5 Å². The van der Waals surface area contributed by atoms with Gasteiger partial charge in [-0.3, -0.25) is 5.10 Å². The maximum Gasteiger partial charge on any atom is 0.244 e. The van der Waals surface area contributed by atoms with E-state index in [1.807, 2.05) is 18.2 Å². The Morgan fingerprint density at radius 1 is 1.33 bits per heavy atom. The van der Waals surface area contributed by atoms with Crippen molar-refractivity contribution in [2.75, 3.05) is 31.1 Å². The molecule has 0 saturated carbocycles. The van der Waals surface area contributed by atoms with Crippen molar-refractivity contribution in [3.05, 3.63) is 35.7 Å². The van der Waals surface area contributed by atoms with Crippen molar-refractivity contribution in [2.24, 2.45) is 0 Å². The molecule has 0 aliphatic carbocycles. The average molecular weight is 285 g/mol. The van der Waals surface area contributed by atoms with Gasteiger partial charge in [0.25, 0.3) is 0 Å². The van der Waals surface area contributed by atoms with E-state index in [4.69, 9.17) is 9.72 Å². The van der Waals surface area contributed by atoms with Gasteiger partial charge in [0, 0.05) is 31.2 Å². The number of hydrogen-bond donors (Lipinski definition) is 2. The van der Waals surface area contributed by atoms with Crippen LogP contribution in [0.3, 0.4) is 0 Å². The SMILES string of the molecule is C[C@H]1CN(c2n[nH]c(C3COc4ccccc43)n2)CCN1. The van der Waals surface area contributed by atoms with Gasteiger partial charge >= 0.3 is 0 Å². The minimum absolute atomic E-state index is 0.155. The van der Waals surface area contributed by atoms with Crippen molar-refractivity contribution >= 4 is 5.95 Å². The largest absolute Gasteiger partial charge is 0.492 e. The molecule has 1 unspecified atom stereocenters. The van der Waals surface area contributed by atoms with Gasteiger partial charge in [-0.15, -0.1) is 5.10 Å². The molecule has 2 atom stereocenters. The first-order chi connectivity index (χ1) is 10.3. The van der Waals surface area contributed by atoms with Crippen molar-refractivity contribution in [1.29, 1.82) is 0 Å². The minimum Gasteiger partial charge on any atom is -0.492 e. The third-order valence-electron chi connectivity index (χ3n) is 4.17. The Hall–Kier alpha value is -2.08. The molecule has 2 aromatic rings. The molecule has 2 N–H and O–H groups in total. The maximum absolute atomic E-state index is 5.73.